The lowest BCUT2D eigenvalue weighted by molar-refractivity contribution is 0.0797. The van der Waals surface area contributed by atoms with Gasteiger partial charge in [-0.1, -0.05) is 6.42 Å². The Bertz CT molecular complexity index is 612. The molecule has 1 amide bonds. The summed E-state index contributed by atoms with van der Waals surface area (Å²) in [6, 6.07) is 3.47. The van der Waals surface area contributed by atoms with Crippen LogP contribution in [0.4, 0.5) is 0 Å². The molecule has 1 aliphatic rings. The summed E-state index contributed by atoms with van der Waals surface area (Å²) in [4.78, 5) is 15.3. The van der Waals surface area contributed by atoms with Crippen LogP contribution in [0.3, 0.4) is 0 Å². The highest BCUT2D eigenvalue weighted by Crippen LogP contribution is 2.39. The van der Waals surface area contributed by atoms with Crippen molar-refractivity contribution in [1.82, 2.24) is 10.2 Å². The van der Waals surface area contributed by atoms with E-state index in [9.17, 15) is 4.79 Å². The highest BCUT2D eigenvalue weighted by Gasteiger charge is 2.28. The fourth-order valence-corrected chi connectivity index (χ4v) is 3.53. The quantitative estimate of drug-likeness (QED) is 0.655. The van der Waals surface area contributed by atoms with E-state index >= 15 is 0 Å². The van der Waals surface area contributed by atoms with Crippen LogP contribution in [-0.2, 0) is 0 Å². The van der Waals surface area contributed by atoms with E-state index in [1.165, 1.54) is 19.3 Å². The Morgan fingerprint density at radius 2 is 1.50 bits per heavy atom. The average molecular weight is 393 g/mol. The zero-order valence-electron chi connectivity index (χ0n) is 18.1. The largest absolute Gasteiger partial charge is 0.490 e. The first kappa shape index (κ1) is 22.3. The number of rotatable bonds is 10. The molecule has 1 aromatic rings. The predicted octanol–water partition coefficient (Wildman–Crippen LogP) is 3.88. The van der Waals surface area contributed by atoms with Gasteiger partial charge in [0.05, 0.1) is 19.8 Å². The van der Waals surface area contributed by atoms with Crippen molar-refractivity contribution >= 4 is 5.91 Å². The van der Waals surface area contributed by atoms with Gasteiger partial charge in [-0.15, -0.1) is 0 Å². The monoisotopic (exact) mass is 392 g/mol. The number of carbonyl (C=O) groups is 1. The maximum absolute atomic E-state index is 12.9. The van der Waals surface area contributed by atoms with E-state index < -0.39 is 0 Å². The highest BCUT2D eigenvalue weighted by atomic mass is 16.5. The molecule has 0 saturated carbocycles. The van der Waals surface area contributed by atoms with E-state index in [0.717, 1.165) is 13.1 Å². The fraction of sp³-hybridized carbons (Fsp3) is 0.682. The van der Waals surface area contributed by atoms with Crippen LogP contribution in [0.25, 0.3) is 0 Å². The molecule has 0 radical (unpaired) electrons. The lowest BCUT2D eigenvalue weighted by Gasteiger charge is -2.41. The van der Waals surface area contributed by atoms with Crippen molar-refractivity contribution in [2.75, 3.05) is 39.5 Å². The molecule has 0 atom stereocenters. The summed E-state index contributed by atoms with van der Waals surface area (Å²) in [7, 11) is 0. The molecule has 158 valence electrons. The Morgan fingerprint density at radius 1 is 0.964 bits per heavy atom. The first-order valence-corrected chi connectivity index (χ1v) is 10.5. The summed E-state index contributed by atoms with van der Waals surface area (Å²) in [6.45, 7) is 14.3. The Balaban J connectivity index is 2.16. The van der Waals surface area contributed by atoms with Gasteiger partial charge in [0, 0.05) is 17.6 Å². The standard InChI is InChI=1S/C22H36N2O4/c1-6-26-18-14-17(15-19(27-7-2)20(18)28-8-3)21(25)23-16-22(4,5)24-12-10-9-11-13-24/h14-15H,6-13,16H2,1-5H3,(H,23,25). The number of piperidine rings is 1. The SMILES string of the molecule is CCOc1cc(C(=O)NCC(C)(C)N2CCCCC2)cc(OCC)c1OCC. The van der Waals surface area contributed by atoms with Crippen LogP contribution in [0.2, 0.25) is 0 Å². The Hall–Kier alpha value is -1.95. The second-order valence-corrected chi connectivity index (χ2v) is 7.64. The second-order valence-electron chi connectivity index (χ2n) is 7.64. The van der Waals surface area contributed by atoms with Crippen molar-refractivity contribution in [3.63, 3.8) is 0 Å². The van der Waals surface area contributed by atoms with Crippen LogP contribution in [-0.4, -0.2) is 55.8 Å². The second kappa shape index (κ2) is 10.6. The molecule has 0 aliphatic carbocycles. The summed E-state index contributed by atoms with van der Waals surface area (Å²) in [5.41, 5.74) is 0.442. The maximum Gasteiger partial charge on any atom is 0.251 e. The average Bonchev–Trinajstić information content (AvgIpc) is 2.69. The molecule has 0 aromatic heterocycles. The van der Waals surface area contributed by atoms with Crippen LogP contribution in [0, 0.1) is 0 Å². The van der Waals surface area contributed by atoms with Crippen LogP contribution < -0.4 is 19.5 Å². The molecule has 2 rings (SSSR count). The summed E-state index contributed by atoms with van der Waals surface area (Å²) in [5, 5.41) is 3.09. The number of amides is 1. The van der Waals surface area contributed by atoms with Crippen LogP contribution >= 0.6 is 0 Å². The summed E-state index contributed by atoms with van der Waals surface area (Å²) in [6.07, 6.45) is 3.75. The summed E-state index contributed by atoms with van der Waals surface area (Å²) >= 11 is 0. The number of ether oxygens (including phenoxy) is 3. The zero-order valence-corrected chi connectivity index (χ0v) is 18.1. The third-order valence-corrected chi connectivity index (χ3v) is 5.07. The molecule has 0 bridgehead atoms. The van der Waals surface area contributed by atoms with Gasteiger partial charge in [-0.3, -0.25) is 9.69 Å². The molecule has 1 fully saturated rings. The zero-order chi connectivity index (χ0) is 20.6. The minimum Gasteiger partial charge on any atom is -0.490 e. The van der Waals surface area contributed by atoms with Gasteiger partial charge >= 0.3 is 0 Å². The molecule has 1 N–H and O–H groups in total. The first-order valence-electron chi connectivity index (χ1n) is 10.5. The van der Waals surface area contributed by atoms with Crippen molar-refractivity contribution in [2.24, 2.45) is 0 Å². The molecular weight excluding hydrogens is 356 g/mol. The molecule has 1 heterocycles. The lowest BCUT2D eigenvalue weighted by Crippen LogP contribution is -2.53. The molecule has 1 aliphatic heterocycles. The lowest BCUT2D eigenvalue weighted by atomic mass is 9.98. The number of carbonyl (C=O) groups excluding carboxylic acids is 1. The summed E-state index contributed by atoms with van der Waals surface area (Å²) in [5.74, 6) is 1.50. The van der Waals surface area contributed by atoms with Crippen molar-refractivity contribution in [3.8, 4) is 17.2 Å². The maximum atomic E-state index is 12.9. The van der Waals surface area contributed by atoms with Crippen molar-refractivity contribution < 1.29 is 19.0 Å². The molecule has 6 heteroatoms. The number of nitrogens with zero attached hydrogens (tertiary/aromatic N) is 1. The van der Waals surface area contributed by atoms with Gasteiger partial charge in [-0.05, 0) is 72.7 Å². The third kappa shape index (κ3) is 5.77. The van der Waals surface area contributed by atoms with E-state index in [-0.39, 0.29) is 11.4 Å². The number of hydrogen-bond acceptors (Lipinski definition) is 5. The van der Waals surface area contributed by atoms with Gasteiger partial charge in [-0.25, -0.2) is 0 Å². The van der Waals surface area contributed by atoms with Crippen molar-refractivity contribution in [1.29, 1.82) is 0 Å². The highest BCUT2D eigenvalue weighted by molar-refractivity contribution is 5.95. The van der Waals surface area contributed by atoms with E-state index in [4.69, 9.17) is 14.2 Å². The van der Waals surface area contributed by atoms with Gasteiger partial charge in [-0.2, -0.15) is 0 Å². The number of likely N-dealkylation sites (tertiary alicyclic amines) is 1. The van der Waals surface area contributed by atoms with Gasteiger partial charge in [0.25, 0.3) is 5.91 Å². The molecule has 0 unspecified atom stereocenters. The molecule has 0 spiro atoms. The third-order valence-electron chi connectivity index (χ3n) is 5.07. The van der Waals surface area contributed by atoms with E-state index in [1.54, 1.807) is 12.1 Å². The van der Waals surface area contributed by atoms with Crippen LogP contribution in [0.5, 0.6) is 17.2 Å². The minimum absolute atomic E-state index is 0.0765. The summed E-state index contributed by atoms with van der Waals surface area (Å²) < 4.78 is 17.1. The minimum atomic E-state index is -0.130. The van der Waals surface area contributed by atoms with Crippen molar-refractivity contribution in [3.05, 3.63) is 17.7 Å². The van der Waals surface area contributed by atoms with Gasteiger partial charge in [0.15, 0.2) is 11.5 Å². The van der Waals surface area contributed by atoms with Gasteiger partial charge in [0.1, 0.15) is 0 Å². The first-order chi connectivity index (χ1) is 13.4. The van der Waals surface area contributed by atoms with E-state index in [1.807, 2.05) is 20.8 Å². The fourth-order valence-electron chi connectivity index (χ4n) is 3.53. The Labute approximate surface area is 169 Å². The van der Waals surface area contributed by atoms with Gasteiger partial charge in [0.2, 0.25) is 5.75 Å². The van der Waals surface area contributed by atoms with Crippen LogP contribution in [0.1, 0.15) is 64.2 Å². The Morgan fingerprint density at radius 3 is 2.00 bits per heavy atom. The van der Waals surface area contributed by atoms with Gasteiger partial charge < -0.3 is 19.5 Å². The van der Waals surface area contributed by atoms with Crippen molar-refractivity contribution in [2.45, 2.75) is 59.4 Å². The normalized spacial score (nSPS) is 15.2. The molecular formula is C22H36N2O4. The van der Waals surface area contributed by atoms with E-state index in [0.29, 0.717) is 49.2 Å². The molecule has 6 nitrogen and oxygen atoms in total. The topological polar surface area (TPSA) is 60.0 Å². The Kier molecular flexibility index (Phi) is 8.42. The predicted molar refractivity (Wildman–Crippen MR) is 112 cm³/mol. The van der Waals surface area contributed by atoms with Crippen LogP contribution in [0.15, 0.2) is 12.1 Å². The van der Waals surface area contributed by atoms with E-state index in [2.05, 4.69) is 24.1 Å². The number of hydrogen-bond donors (Lipinski definition) is 1. The molecule has 1 saturated heterocycles. The smallest absolute Gasteiger partial charge is 0.251 e. The molecule has 28 heavy (non-hydrogen) atoms. The number of nitrogens with one attached hydrogen (secondary N) is 1. The molecule has 1 aromatic carbocycles. The number of benzene rings is 1.